The van der Waals surface area contributed by atoms with E-state index in [0.717, 1.165) is 16.5 Å². The molecule has 2 heterocycles. The minimum Gasteiger partial charge on any atom is -0.300 e. The summed E-state index contributed by atoms with van der Waals surface area (Å²) in [6, 6.07) is 0. The third kappa shape index (κ3) is 5.40. The van der Waals surface area contributed by atoms with Crippen molar-refractivity contribution in [2.75, 3.05) is 29.9 Å². The Morgan fingerprint density at radius 3 is 2.67 bits per heavy atom. The van der Waals surface area contributed by atoms with Crippen LogP contribution < -0.4 is 5.32 Å². The van der Waals surface area contributed by atoms with Crippen LogP contribution in [0.5, 0.6) is 0 Å². The predicted octanol–water partition coefficient (Wildman–Crippen LogP) is 2.43. The zero-order valence-corrected chi connectivity index (χ0v) is 16.5. The number of sulfonamides is 1. The smallest absolute Gasteiger partial charge is 0.229 e. The molecule has 1 fully saturated rings. The molecule has 1 amide bonds. The van der Waals surface area contributed by atoms with Crippen LogP contribution in [0.25, 0.3) is 0 Å². The summed E-state index contributed by atoms with van der Waals surface area (Å²) in [5, 5.41) is 11.3. The number of unbranched alkanes of at least 4 members (excludes halogenated alkanes) is 1. The number of hydrogen-bond donors (Lipinski definition) is 1. The monoisotopic (exact) mass is 392 g/mol. The molecule has 136 valence electrons. The molecule has 0 spiro atoms. The van der Waals surface area contributed by atoms with E-state index in [1.165, 1.54) is 15.6 Å². The highest BCUT2D eigenvalue weighted by atomic mass is 32.2. The fraction of sp³-hybridized carbons (Fsp3) is 0.786. The van der Waals surface area contributed by atoms with Gasteiger partial charge in [0.05, 0.1) is 5.75 Å². The lowest BCUT2D eigenvalue weighted by Crippen LogP contribution is -2.42. The quantitative estimate of drug-likeness (QED) is 0.539. The van der Waals surface area contributed by atoms with Gasteiger partial charge in [-0.2, -0.15) is 0 Å². The van der Waals surface area contributed by atoms with E-state index < -0.39 is 10.0 Å². The van der Waals surface area contributed by atoms with E-state index in [9.17, 15) is 13.2 Å². The van der Waals surface area contributed by atoms with Gasteiger partial charge in [-0.05, 0) is 25.0 Å². The molecule has 1 N–H and O–H groups in total. The molecule has 0 aliphatic carbocycles. The molecule has 0 atom stereocenters. The number of hydrogen-bond acceptors (Lipinski definition) is 7. The highest BCUT2D eigenvalue weighted by molar-refractivity contribution is 8.01. The number of amides is 1. The van der Waals surface area contributed by atoms with Gasteiger partial charge in [0.2, 0.25) is 21.1 Å². The van der Waals surface area contributed by atoms with Crippen LogP contribution in [0.1, 0.15) is 39.5 Å². The number of nitrogens with zero attached hydrogens (tertiary/aromatic N) is 3. The van der Waals surface area contributed by atoms with Crippen LogP contribution in [0, 0.1) is 5.92 Å². The summed E-state index contributed by atoms with van der Waals surface area (Å²) < 4.78 is 26.7. The molecule has 1 aromatic rings. The van der Waals surface area contributed by atoms with Gasteiger partial charge in [-0.3, -0.25) is 4.79 Å². The van der Waals surface area contributed by atoms with E-state index in [0.29, 0.717) is 37.5 Å². The Kier molecular flexibility index (Phi) is 7.45. The van der Waals surface area contributed by atoms with Crippen molar-refractivity contribution in [1.29, 1.82) is 0 Å². The molecule has 0 saturated carbocycles. The van der Waals surface area contributed by atoms with Crippen LogP contribution >= 0.6 is 23.1 Å². The number of thioether (sulfide) groups is 1. The highest BCUT2D eigenvalue weighted by Gasteiger charge is 2.31. The minimum atomic E-state index is -3.18. The van der Waals surface area contributed by atoms with Crippen molar-refractivity contribution in [3.05, 3.63) is 0 Å². The summed E-state index contributed by atoms with van der Waals surface area (Å²) in [5.41, 5.74) is 0. The number of piperidine rings is 1. The molecule has 10 heteroatoms. The first-order valence-corrected chi connectivity index (χ1v) is 11.6. The van der Waals surface area contributed by atoms with Crippen LogP contribution in [0.15, 0.2) is 4.34 Å². The molecular weight excluding hydrogens is 368 g/mol. The molecule has 0 aromatic carbocycles. The van der Waals surface area contributed by atoms with Crippen LogP contribution in [0.3, 0.4) is 0 Å². The second kappa shape index (κ2) is 9.12. The van der Waals surface area contributed by atoms with Crippen LogP contribution in [-0.4, -0.2) is 53.4 Å². The molecule has 1 aliphatic rings. The lowest BCUT2D eigenvalue weighted by Gasteiger charge is -2.30. The lowest BCUT2D eigenvalue weighted by atomic mass is 9.97. The second-order valence-electron chi connectivity index (χ2n) is 5.64. The Hall–Kier alpha value is -0.710. The average molecular weight is 393 g/mol. The van der Waals surface area contributed by atoms with Gasteiger partial charge in [-0.1, -0.05) is 43.4 Å². The Morgan fingerprint density at radius 1 is 1.33 bits per heavy atom. The number of rotatable bonds is 8. The molecule has 1 aromatic heterocycles. The van der Waals surface area contributed by atoms with Crippen molar-refractivity contribution < 1.29 is 13.2 Å². The van der Waals surface area contributed by atoms with E-state index in [4.69, 9.17) is 0 Å². The summed E-state index contributed by atoms with van der Waals surface area (Å²) in [7, 11) is -3.18. The first-order valence-electron chi connectivity index (χ1n) is 8.21. The van der Waals surface area contributed by atoms with Gasteiger partial charge in [0, 0.05) is 19.0 Å². The fourth-order valence-corrected chi connectivity index (χ4v) is 5.83. The molecule has 7 nitrogen and oxygen atoms in total. The van der Waals surface area contributed by atoms with Gasteiger partial charge >= 0.3 is 0 Å². The largest absolute Gasteiger partial charge is 0.300 e. The fourth-order valence-electron chi connectivity index (χ4n) is 2.50. The lowest BCUT2D eigenvalue weighted by molar-refractivity contribution is -0.120. The number of aromatic nitrogens is 2. The summed E-state index contributed by atoms with van der Waals surface area (Å²) >= 11 is 2.95. The summed E-state index contributed by atoms with van der Waals surface area (Å²) in [5.74, 6) is 0.843. The SMILES string of the molecule is CCCCS(=O)(=O)N1CCC(C(=O)Nc2nnc(SCC)s2)CC1. The Balaban J connectivity index is 1.83. The van der Waals surface area contributed by atoms with Gasteiger partial charge in [-0.15, -0.1) is 10.2 Å². The molecule has 0 unspecified atom stereocenters. The highest BCUT2D eigenvalue weighted by Crippen LogP contribution is 2.27. The molecule has 1 aliphatic heterocycles. The van der Waals surface area contributed by atoms with E-state index >= 15 is 0 Å². The van der Waals surface area contributed by atoms with Crippen LogP contribution in [-0.2, 0) is 14.8 Å². The maximum absolute atomic E-state index is 12.3. The number of nitrogens with one attached hydrogen (secondary N) is 1. The Morgan fingerprint density at radius 2 is 2.04 bits per heavy atom. The maximum atomic E-state index is 12.3. The Labute approximate surface area is 151 Å². The van der Waals surface area contributed by atoms with Gasteiger partial charge in [0.1, 0.15) is 0 Å². The summed E-state index contributed by atoms with van der Waals surface area (Å²) in [4.78, 5) is 12.3. The second-order valence-corrected chi connectivity index (χ2v) is 10.2. The maximum Gasteiger partial charge on any atom is 0.229 e. The van der Waals surface area contributed by atoms with Gasteiger partial charge in [0.25, 0.3) is 0 Å². The third-order valence-corrected chi connectivity index (χ3v) is 7.69. The van der Waals surface area contributed by atoms with Crippen molar-refractivity contribution in [3.63, 3.8) is 0 Å². The Bertz CT molecular complexity index is 639. The van der Waals surface area contributed by atoms with Gasteiger partial charge in [0.15, 0.2) is 4.34 Å². The molecule has 2 rings (SSSR count). The van der Waals surface area contributed by atoms with Crippen LogP contribution in [0.4, 0.5) is 5.13 Å². The number of anilines is 1. The third-order valence-electron chi connectivity index (χ3n) is 3.88. The van der Waals surface area contributed by atoms with E-state index in [-0.39, 0.29) is 17.6 Å². The van der Waals surface area contributed by atoms with Crippen molar-refractivity contribution >= 4 is 44.2 Å². The summed E-state index contributed by atoms with van der Waals surface area (Å²) in [6.45, 7) is 4.84. The van der Waals surface area contributed by atoms with Crippen molar-refractivity contribution in [2.24, 2.45) is 5.92 Å². The average Bonchev–Trinajstić information content (AvgIpc) is 3.00. The normalized spacial score (nSPS) is 17.1. The zero-order chi connectivity index (χ0) is 17.6. The minimum absolute atomic E-state index is 0.0928. The van der Waals surface area contributed by atoms with E-state index in [2.05, 4.69) is 15.5 Å². The standard InChI is InChI=1S/C14H24N4O3S3/c1-3-5-10-24(20,21)18-8-6-11(7-9-18)12(19)15-13-16-17-14(23-13)22-4-2/h11H,3-10H2,1-2H3,(H,15,16,19). The zero-order valence-electron chi connectivity index (χ0n) is 14.0. The van der Waals surface area contributed by atoms with Gasteiger partial charge < -0.3 is 5.32 Å². The van der Waals surface area contributed by atoms with Crippen LogP contribution in [0.2, 0.25) is 0 Å². The number of carbonyl (C=O) groups excluding carboxylic acids is 1. The van der Waals surface area contributed by atoms with Crippen molar-refractivity contribution in [1.82, 2.24) is 14.5 Å². The number of carbonyl (C=O) groups is 1. The molecule has 24 heavy (non-hydrogen) atoms. The molecular formula is C14H24N4O3S3. The summed E-state index contributed by atoms with van der Waals surface area (Å²) in [6.07, 6.45) is 2.63. The van der Waals surface area contributed by atoms with E-state index in [1.807, 2.05) is 13.8 Å². The molecule has 0 radical (unpaired) electrons. The van der Waals surface area contributed by atoms with Crippen molar-refractivity contribution in [3.8, 4) is 0 Å². The first-order chi connectivity index (χ1) is 11.5. The molecule has 1 saturated heterocycles. The van der Waals surface area contributed by atoms with Gasteiger partial charge in [-0.25, -0.2) is 12.7 Å². The molecule has 0 bridgehead atoms. The van der Waals surface area contributed by atoms with Crippen molar-refractivity contribution in [2.45, 2.75) is 43.9 Å². The topological polar surface area (TPSA) is 92.3 Å². The van der Waals surface area contributed by atoms with E-state index in [1.54, 1.807) is 11.8 Å². The predicted molar refractivity (Wildman–Crippen MR) is 97.9 cm³/mol. The first kappa shape index (κ1) is 19.6.